The molecule has 1 aliphatic rings. The third-order valence-corrected chi connectivity index (χ3v) is 2.58. The molecule has 17 heavy (non-hydrogen) atoms. The Morgan fingerprint density at radius 1 is 1.71 bits per heavy atom. The molecule has 3 atom stereocenters. The Kier molecular flexibility index (Phi) is 3.09. The van der Waals surface area contributed by atoms with E-state index in [1.807, 2.05) is 0 Å². The van der Waals surface area contributed by atoms with Crippen molar-refractivity contribution in [3.05, 3.63) is 22.5 Å². The Hall–Kier alpha value is -1.51. The highest BCUT2D eigenvalue weighted by molar-refractivity contribution is 5.26. The molecule has 1 unspecified atom stereocenters. The predicted octanol–water partition coefficient (Wildman–Crippen LogP) is -1.39. The van der Waals surface area contributed by atoms with E-state index in [1.165, 1.54) is 0 Å². The van der Waals surface area contributed by atoms with E-state index in [4.69, 9.17) is 15.6 Å². The second-order valence-electron chi connectivity index (χ2n) is 3.80. The Morgan fingerprint density at radius 3 is 3.00 bits per heavy atom. The highest BCUT2D eigenvalue weighted by atomic mass is 19.1. The van der Waals surface area contributed by atoms with Crippen LogP contribution in [0.4, 0.5) is 10.2 Å². The van der Waals surface area contributed by atoms with Crippen LogP contribution >= 0.6 is 0 Å². The number of hydrogen-bond acceptors (Lipinski definition) is 6. The Bertz CT molecular complexity index is 478. The third-order valence-electron chi connectivity index (χ3n) is 2.58. The summed E-state index contributed by atoms with van der Waals surface area (Å²) < 4.78 is 19.2. The van der Waals surface area contributed by atoms with Gasteiger partial charge < -0.3 is 20.7 Å². The van der Waals surface area contributed by atoms with E-state index in [0.717, 1.165) is 10.8 Å². The molecule has 1 fully saturated rings. The first-order valence-corrected chi connectivity index (χ1v) is 5.01. The second kappa shape index (κ2) is 4.40. The summed E-state index contributed by atoms with van der Waals surface area (Å²) in [5.74, 6) is -1.37. The van der Waals surface area contributed by atoms with E-state index < -0.39 is 35.8 Å². The second-order valence-corrected chi connectivity index (χ2v) is 3.80. The maximum atomic E-state index is 13.2. The highest BCUT2D eigenvalue weighted by Crippen LogP contribution is 2.27. The number of anilines is 1. The maximum absolute atomic E-state index is 13.2. The molecule has 0 saturated carbocycles. The van der Waals surface area contributed by atoms with Gasteiger partial charge in [-0.3, -0.25) is 4.57 Å². The summed E-state index contributed by atoms with van der Waals surface area (Å²) >= 11 is 0. The van der Waals surface area contributed by atoms with Gasteiger partial charge in [0, 0.05) is 6.42 Å². The van der Waals surface area contributed by atoms with Crippen molar-refractivity contribution in [1.82, 2.24) is 9.55 Å². The van der Waals surface area contributed by atoms with Gasteiger partial charge in [-0.15, -0.1) is 0 Å². The van der Waals surface area contributed by atoms with Gasteiger partial charge in [0.05, 0.1) is 18.9 Å². The van der Waals surface area contributed by atoms with Crippen molar-refractivity contribution in [1.29, 1.82) is 0 Å². The lowest BCUT2D eigenvalue weighted by Gasteiger charge is -2.17. The molecule has 7 nitrogen and oxygen atoms in total. The maximum Gasteiger partial charge on any atom is 0.351 e. The molecule has 2 heterocycles. The zero-order valence-electron chi connectivity index (χ0n) is 8.78. The number of nitrogen functional groups attached to an aromatic ring is 1. The van der Waals surface area contributed by atoms with Gasteiger partial charge in [0.1, 0.15) is 6.10 Å². The minimum absolute atomic E-state index is 0.166. The summed E-state index contributed by atoms with van der Waals surface area (Å²) in [6, 6.07) is 0. The SMILES string of the molecule is Nc1nc(=O)n([C@H]2O[C@@H](CO)CC2O)cc1F. The van der Waals surface area contributed by atoms with Crippen LogP contribution in [0, 0.1) is 5.82 Å². The number of nitrogens with zero attached hydrogens (tertiary/aromatic N) is 2. The van der Waals surface area contributed by atoms with Crippen molar-refractivity contribution in [3.8, 4) is 0 Å². The number of aliphatic hydroxyl groups is 2. The van der Waals surface area contributed by atoms with Crippen LogP contribution in [0.15, 0.2) is 11.0 Å². The molecule has 2 rings (SSSR count). The monoisotopic (exact) mass is 245 g/mol. The van der Waals surface area contributed by atoms with Crippen LogP contribution in [0.3, 0.4) is 0 Å². The molecule has 1 aromatic heterocycles. The van der Waals surface area contributed by atoms with E-state index in [-0.39, 0.29) is 13.0 Å². The van der Waals surface area contributed by atoms with Gasteiger partial charge in [-0.05, 0) is 0 Å². The van der Waals surface area contributed by atoms with Gasteiger partial charge in [-0.2, -0.15) is 4.98 Å². The van der Waals surface area contributed by atoms with E-state index in [0.29, 0.717) is 0 Å². The number of aromatic nitrogens is 2. The summed E-state index contributed by atoms with van der Waals surface area (Å²) in [6.07, 6.45) is -1.64. The van der Waals surface area contributed by atoms with Gasteiger partial charge >= 0.3 is 5.69 Å². The molecule has 0 radical (unpaired) electrons. The molecule has 1 aromatic rings. The normalized spacial score (nSPS) is 28.5. The number of halogens is 1. The predicted molar refractivity (Wildman–Crippen MR) is 54.5 cm³/mol. The van der Waals surface area contributed by atoms with Gasteiger partial charge in [-0.25, -0.2) is 9.18 Å². The van der Waals surface area contributed by atoms with Crippen molar-refractivity contribution in [3.63, 3.8) is 0 Å². The first-order valence-electron chi connectivity index (χ1n) is 5.01. The fraction of sp³-hybridized carbons (Fsp3) is 0.556. The molecule has 4 N–H and O–H groups in total. The lowest BCUT2D eigenvalue weighted by Crippen LogP contribution is -2.32. The molecule has 0 amide bonds. The zero-order valence-corrected chi connectivity index (χ0v) is 8.78. The van der Waals surface area contributed by atoms with Crippen LogP contribution in [0.2, 0.25) is 0 Å². The van der Waals surface area contributed by atoms with Crippen LogP contribution in [-0.4, -0.2) is 38.6 Å². The highest BCUT2D eigenvalue weighted by Gasteiger charge is 2.35. The summed E-state index contributed by atoms with van der Waals surface area (Å²) in [5.41, 5.74) is 4.32. The van der Waals surface area contributed by atoms with Crippen LogP contribution in [0.5, 0.6) is 0 Å². The number of hydrogen-bond donors (Lipinski definition) is 3. The third kappa shape index (κ3) is 2.14. The zero-order chi connectivity index (χ0) is 12.6. The van der Waals surface area contributed by atoms with E-state index in [1.54, 1.807) is 0 Å². The topological polar surface area (TPSA) is 111 Å². The molecule has 0 aromatic carbocycles. The quantitative estimate of drug-likeness (QED) is 0.591. The minimum Gasteiger partial charge on any atom is -0.394 e. The van der Waals surface area contributed by atoms with E-state index >= 15 is 0 Å². The summed E-state index contributed by atoms with van der Waals surface area (Å²) in [4.78, 5) is 14.7. The van der Waals surface area contributed by atoms with Crippen molar-refractivity contribution in [2.45, 2.75) is 24.9 Å². The largest absolute Gasteiger partial charge is 0.394 e. The molecule has 0 spiro atoms. The number of rotatable bonds is 2. The average molecular weight is 245 g/mol. The fourth-order valence-corrected chi connectivity index (χ4v) is 1.74. The summed E-state index contributed by atoms with van der Waals surface area (Å²) in [7, 11) is 0. The van der Waals surface area contributed by atoms with Crippen molar-refractivity contribution in [2.75, 3.05) is 12.3 Å². The lowest BCUT2D eigenvalue weighted by molar-refractivity contribution is -0.0533. The molecule has 1 aliphatic heterocycles. The number of aliphatic hydroxyl groups excluding tert-OH is 2. The van der Waals surface area contributed by atoms with Crippen molar-refractivity contribution in [2.24, 2.45) is 0 Å². The van der Waals surface area contributed by atoms with Gasteiger partial charge in [-0.1, -0.05) is 0 Å². The number of nitrogens with two attached hydrogens (primary N) is 1. The Balaban J connectivity index is 2.35. The van der Waals surface area contributed by atoms with Crippen molar-refractivity contribution < 1.29 is 19.3 Å². The average Bonchev–Trinajstić information content (AvgIpc) is 2.65. The van der Waals surface area contributed by atoms with Crippen LogP contribution in [-0.2, 0) is 4.74 Å². The molecule has 94 valence electrons. The Morgan fingerprint density at radius 2 is 2.41 bits per heavy atom. The smallest absolute Gasteiger partial charge is 0.351 e. The van der Waals surface area contributed by atoms with Crippen molar-refractivity contribution >= 4 is 5.82 Å². The molecular weight excluding hydrogens is 233 g/mol. The van der Waals surface area contributed by atoms with Gasteiger partial charge in [0.15, 0.2) is 17.9 Å². The summed E-state index contributed by atoms with van der Waals surface area (Å²) in [6.45, 7) is -0.285. The molecule has 1 saturated heterocycles. The summed E-state index contributed by atoms with van der Waals surface area (Å²) in [5, 5.41) is 18.5. The van der Waals surface area contributed by atoms with Gasteiger partial charge in [0.25, 0.3) is 0 Å². The van der Waals surface area contributed by atoms with E-state index in [2.05, 4.69) is 4.98 Å². The first kappa shape index (κ1) is 12.0. The minimum atomic E-state index is -1.05. The molecule has 0 bridgehead atoms. The van der Waals surface area contributed by atoms with Crippen LogP contribution < -0.4 is 11.4 Å². The lowest BCUT2D eigenvalue weighted by atomic mass is 10.2. The Labute approximate surface area is 95.3 Å². The van der Waals surface area contributed by atoms with Crippen LogP contribution in [0.25, 0.3) is 0 Å². The standard InChI is InChI=1S/C9H12FN3O4/c10-5-2-13(9(16)12-7(5)11)8-6(15)1-4(3-14)17-8/h2,4,6,8,14-15H,1,3H2,(H2,11,12,16)/t4-,6?,8+/m1/s1. The first-order chi connectivity index (χ1) is 8.02. The molecule has 8 heteroatoms. The fourth-order valence-electron chi connectivity index (χ4n) is 1.74. The molecular formula is C9H12FN3O4. The number of ether oxygens (including phenoxy) is 1. The molecule has 0 aliphatic carbocycles. The van der Waals surface area contributed by atoms with E-state index in [9.17, 15) is 14.3 Å². The van der Waals surface area contributed by atoms with Crippen LogP contribution in [0.1, 0.15) is 12.6 Å². The van der Waals surface area contributed by atoms with Gasteiger partial charge in [0.2, 0.25) is 0 Å².